The minimum Gasteiger partial charge on any atom is -0.475 e. The number of nitrogens with zero attached hydrogens (tertiary/aromatic N) is 2. The van der Waals surface area contributed by atoms with Gasteiger partial charge in [0, 0.05) is 30.8 Å². The van der Waals surface area contributed by atoms with E-state index in [-0.39, 0.29) is 11.9 Å². The molecule has 43 heavy (non-hydrogen) atoms. The maximum atomic E-state index is 13.6. The molecule has 1 aliphatic rings. The van der Waals surface area contributed by atoms with Gasteiger partial charge in [0.15, 0.2) is 0 Å². The summed E-state index contributed by atoms with van der Waals surface area (Å²) in [6.07, 6.45) is -3.06. The first-order valence-electron chi connectivity index (χ1n) is 13.1. The van der Waals surface area contributed by atoms with Gasteiger partial charge in [-0.25, -0.2) is 14.6 Å². The standard InChI is InChI=1S/C28H27N5O3.C2HF3O2/c29-16-19-6-11-23-21(14-19)12-13-33(27(23)34)25(15-18-4-2-1-3-5-18)26-30-17-24(32-26)20-7-9-22(10-8-20)31-28(35)36;3-2(4,5)1(6)7/h1-11,14,17,25,31H,12-13,15-16,29H2,(H,30,32)(H,35,36);(H,6,7). The quantitative estimate of drug-likeness (QED) is 0.195. The first-order valence-corrected chi connectivity index (χ1v) is 13.1. The number of carbonyl (C=O) groups excluding carboxylic acids is 1. The lowest BCUT2D eigenvalue weighted by Crippen LogP contribution is -2.41. The number of aromatic amines is 1. The normalized spacial score (nSPS) is 13.4. The predicted octanol–water partition coefficient (Wildman–Crippen LogP) is 5.24. The number of rotatable bonds is 7. The van der Waals surface area contributed by atoms with E-state index < -0.39 is 18.2 Å². The molecule has 0 aliphatic carbocycles. The SMILES string of the molecule is NCc1ccc2c(c1)CCN(C(Cc1ccccc1)c1ncc(-c3ccc(NC(=O)O)cc3)[nH]1)C2=O.O=C(O)C(F)(F)F. The predicted molar refractivity (Wildman–Crippen MR) is 151 cm³/mol. The molecule has 0 radical (unpaired) electrons. The van der Waals surface area contributed by atoms with E-state index in [0.717, 1.165) is 34.4 Å². The van der Waals surface area contributed by atoms with Crippen molar-refractivity contribution < 1.29 is 37.8 Å². The van der Waals surface area contributed by atoms with Gasteiger partial charge in [0.1, 0.15) is 5.82 Å². The van der Waals surface area contributed by atoms with Crippen LogP contribution in [0.4, 0.5) is 23.7 Å². The minimum absolute atomic E-state index is 0.0113. The van der Waals surface area contributed by atoms with Crippen LogP contribution in [0.1, 0.15) is 38.9 Å². The molecule has 10 nitrogen and oxygen atoms in total. The average Bonchev–Trinajstić information content (AvgIpc) is 3.47. The smallest absolute Gasteiger partial charge is 0.475 e. The highest BCUT2D eigenvalue weighted by Crippen LogP contribution is 2.31. The summed E-state index contributed by atoms with van der Waals surface area (Å²) in [6, 6.07) is 22.7. The maximum Gasteiger partial charge on any atom is 0.490 e. The second-order valence-corrected chi connectivity index (χ2v) is 9.64. The third-order valence-electron chi connectivity index (χ3n) is 6.77. The van der Waals surface area contributed by atoms with Gasteiger partial charge in [-0.2, -0.15) is 13.2 Å². The van der Waals surface area contributed by atoms with Crippen molar-refractivity contribution in [2.75, 3.05) is 11.9 Å². The lowest BCUT2D eigenvalue weighted by molar-refractivity contribution is -0.192. The number of benzene rings is 3. The molecule has 2 heterocycles. The lowest BCUT2D eigenvalue weighted by Gasteiger charge is -2.35. The van der Waals surface area contributed by atoms with E-state index >= 15 is 0 Å². The van der Waals surface area contributed by atoms with Crippen molar-refractivity contribution in [3.05, 3.63) is 107 Å². The Hall–Kier alpha value is -5.17. The van der Waals surface area contributed by atoms with Crippen LogP contribution in [0.25, 0.3) is 11.3 Å². The number of anilines is 1. The maximum absolute atomic E-state index is 13.6. The molecule has 1 atom stereocenters. The third kappa shape index (κ3) is 7.77. The third-order valence-corrected chi connectivity index (χ3v) is 6.77. The molecule has 5 rings (SSSR count). The van der Waals surface area contributed by atoms with Gasteiger partial charge >= 0.3 is 18.2 Å². The topological polar surface area (TPSA) is 162 Å². The number of alkyl halides is 3. The Labute approximate surface area is 244 Å². The number of carbonyl (C=O) groups is 3. The van der Waals surface area contributed by atoms with Crippen LogP contribution in [-0.2, 0) is 24.2 Å². The van der Waals surface area contributed by atoms with Gasteiger partial charge in [-0.1, -0.05) is 54.6 Å². The van der Waals surface area contributed by atoms with E-state index in [2.05, 4.69) is 27.4 Å². The van der Waals surface area contributed by atoms with Crippen molar-refractivity contribution in [1.29, 1.82) is 0 Å². The summed E-state index contributed by atoms with van der Waals surface area (Å²) >= 11 is 0. The van der Waals surface area contributed by atoms with E-state index in [4.69, 9.17) is 20.7 Å². The second-order valence-electron chi connectivity index (χ2n) is 9.64. The van der Waals surface area contributed by atoms with Gasteiger partial charge in [-0.05, 0) is 46.9 Å². The van der Waals surface area contributed by atoms with Crippen LogP contribution in [0.15, 0.2) is 79.0 Å². The molecule has 0 spiro atoms. The fourth-order valence-electron chi connectivity index (χ4n) is 4.69. The fraction of sp³-hybridized carbons (Fsp3) is 0.200. The van der Waals surface area contributed by atoms with Crippen LogP contribution >= 0.6 is 0 Å². The summed E-state index contributed by atoms with van der Waals surface area (Å²) in [4.78, 5) is 43.4. The van der Waals surface area contributed by atoms with Crippen LogP contribution in [-0.4, -0.2) is 55.8 Å². The molecule has 1 unspecified atom stereocenters. The summed E-state index contributed by atoms with van der Waals surface area (Å²) < 4.78 is 31.7. The van der Waals surface area contributed by atoms with Gasteiger partial charge in [0.25, 0.3) is 5.91 Å². The molecule has 0 fully saturated rings. The van der Waals surface area contributed by atoms with Crippen LogP contribution in [0, 0.1) is 0 Å². The molecule has 224 valence electrons. The van der Waals surface area contributed by atoms with Crippen molar-refractivity contribution in [2.45, 2.75) is 31.6 Å². The largest absolute Gasteiger partial charge is 0.490 e. The van der Waals surface area contributed by atoms with E-state index in [1.165, 1.54) is 0 Å². The molecule has 4 aromatic rings. The molecule has 6 N–H and O–H groups in total. The van der Waals surface area contributed by atoms with Gasteiger partial charge in [0.05, 0.1) is 17.9 Å². The van der Waals surface area contributed by atoms with Crippen molar-refractivity contribution >= 4 is 23.7 Å². The van der Waals surface area contributed by atoms with E-state index in [1.807, 2.05) is 53.4 Å². The van der Waals surface area contributed by atoms with Crippen LogP contribution in [0.5, 0.6) is 0 Å². The van der Waals surface area contributed by atoms with Gasteiger partial charge in [0.2, 0.25) is 0 Å². The number of nitrogens with one attached hydrogen (secondary N) is 2. The Bertz CT molecular complexity index is 1590. The first-order chi connectivity index (χ1) is 20.5. The van der Waals surface area contributed by atoms with E-state index in [0.29, 0.717) is 36.6 Å². The Kier molecular flexibility index (Phi) is 9.46. The van der Waals surface area contributed by atoms with Crippen LogP contribution in [0.2, 0.25) is 0 Å². The zero-order valence-corrected chi connectivity index (χ0v) is 22.6. The van der Waals surface area contributed by atoms with Gasteiger partial charge in [-0.15, -0.1) is 0 Å². The molecule has 1 aliphatic heterocycles. The van der Waals surface area contributed by atoms with E-state index in [9.17, 15) is 22.8 Å². The lowest BCUT2D eigenvalue weighted by atomic mass is 9.94. The molecule has 0 bridgehead atoms. The number of hydrogen-bond donors (Lipinski definition) is 5. The molecule has 0 saturated carbocycles. The number of amides is 2. The summed E-state index contributed by atoms with van der Waals surface area (Å²) in [7, 11) is 0. The number of fused-ring (bicyclic) bond motifs is 1. The highest BCUT2D eigenvalue weighted by Gasteiger charge is 2.38. The molecule has 0 saturated heterocycles. The van der Waals surface area contributed by atoms with Crippen LogP contribution in [0.3, 0.4) is 0 Å². The fourth-order valence-corrected chi connectivity index (χ4v) is 4.69. The number of hydrogen-bond acceptors (Lipinski definition) is 5. The molecule has 3 aromatic carbocycles. The Balaban J connectivity index is 0.000000541. The number of H-pyrrole nitrogens is 1. The summed E-state index contributed by atoms with van der Waals surface area (Å²) in [5.41, 5.74) is 11.8. The number of carboxylic acid groups (broad SMARTS) is 2. The number of nitrogens with two attached hydrogens (primary N) is 1. The molecule has 1 aromatic heterocycles. The monoisotopic (exact) mass is 595 g/mol. The number of halogens is 3. The molecule has 13 heteroatoms. The molecular formula is C30H28F3N5O5. The highest BCUT2D eigenvalue weighted by molar-refractivity contribution is 5.97. The van der Waals surface area contributed by atoms with E-state index in [1.54, 1.807) is 18.3 Å². The van der Waals surface area contributed by atoms with Gasteiger partial charge in [-0.3, -0.25) is 10.1 Å². The first kappa shape index (κ1) is 30.8. The Morgan fingerprint density at radius 2 is 1.70 bits per heavy atom. The minimum atomic E-state index is -5.08. The summed E-state index contributed by atoms with van der Waals surface area (Å²) in [6.45, 7) is 1.04. The Morgan fingerprint density at radius 3 is 2.30 bits per heavy atom. The van der Waals surface area contributed by atoms with Crippen LogP contribution < -0.4 is 11.1 Å². The number of carboxylic acids is 1. The Morgan fingerprint density at radius 1 is 1.02 bits per heavy atom. The second kappa shape index (κ2) is 13.2. The zero-order chi connectivity index (χ0) is 31.1. The summed E-state index contributed by atoms with van der Waals surface area (Å²) in [5, 5.41) is 18.4. The van der Waals surface area contributed by atoms with Crippen molar-refractivity contribution in [3.8, 4) is 11.3 Å². The number of aromatic nitrogens is 2. The van der Waals surface area contributed by atoms with Crippen molar-refractivity contribution in [1.82, 2.24) is 14.9 Å². The van der Waals surface area contributed by atoms with Crippen molar-refractivity contribution in [3.63, 3.8) is 0 Å². The number of aliphatic carboxylic acids is 1. The average molecular weight is 596 g/mol. The van der Waals surface area contributed by atoms with Crippen molar-refractivity contribution in [2.24, 2.45) is 5.73 Å². The van der Waals surface area contributed by atoms with Gasteiger partial charge < -0.3 is 25.8 Å². The number of imidazole rings is 1. The zero-order valence-electron chi connectivity index (χ0n) is 22.6. The highest BCUT2D eigenvalue weighted by atomic mass is 19.4. The molecule has 2 amide bonds. The molecular weight excluding hydrogens is 567 g/mol. The summed E-state index contributed by atoms with van der Waals surface area (Å²) in [5.74, 6) is -2.06.